The third-order valence-electron chi connectivity index (χ3n) is 12.2. The highest BCUT2D eigenvalue weighted by molar-refractivity contribution is 8.00. The highest BCUT2D eigenvalue weighted by atomic mass is 35.5. The maximum Gasteiger partial charge on any atom is 0.413 e. The van der Waals surface area contributed by atoms with Crippen LogP contribution in [0.3, 0.4) is 0 Å². The third-order valence-corrected chi connectivity index (χ3v) is 14.7. The van der Waals surface area contributed by atoms with Crippen LogP contribution in [0, 0.1) is 0 Å². The summed E-state index contributed by atoms with van der Waals surface area (Å²) in [4.78, 5) is 95.6. The highest BCUT2D eigenvalue weighted by Crippen LogP contribution is 2.41. The summed E-state index contributed by atoms with van der Waals surface area (Å²) in [6.07, 6.45) is 1.03. The molecule has 3 N–H and O–H groups in total. The summed E-state index contributed by atoms with van der Waals surface area (Å²) >= 11 is 8.83. The lowest BCUT2D eigenvalue weighted by atomic mass is 10.0. The first kappa shape index (κ1) is 57.5. The molecule has 3 aromatic carbocycles. The molecule has 0 spiro atoms. The number of fused-ring (bicyclic) bond motifs is 1. The number of oxime groups is 1. The predicted molar refractivity (Wildman–Crippen MR) is 296 cm³/mol. The molecule has 0 unspecified atom stereocenters. The van der Waals surface area contributed by atoms with Crippen LogP contribution in [0.5, 0.6) is 5.75 Å². The molecule has 2 aromatic heterocycles. The molecule has 20 nitrogen and oxygen atoms in total. The van der Waals surface area contributed by atoms with Gasteiger partial charge in [-0.05, 0) is 83.7 Å². The molecule has 5 aromatic rings. The molecule has 0 bridgehead atoms. The van der Waals surface area contributed by atoms with Crippen molar-refractivity contribution in [1.82, 2.24) is 20.1 Å². The zero-order chi connectivity index (χ0) is 56.6. The zero-order valence-corrected chi connectivity index (χ0v) is 47.2. The first-order valence-electron chi connectivity index (χ1n) is 25.3. The number of anilines is 2. The minimum Gasteiger partial charge on any atom is -0.497 e. The molecule has 4 amide bonds. The number of likely N-dealkylation sites (tertiary alicyclic amines) is 1. The predicted octanol–water partition coefficient (Wildman–Crippen LogP) is 8.40. The number of methoxy groups -OCH3 is 1. The number of β-lactam (4-membered cyclic amide) rings is 1. The Labute approximate surface area is 470 Å². The van der Waals surface area contributed by atoms with Crippen LogP contribution in [-0.4, -0.2) is 117 Å². The normalized spacial score (nSPS) is 17.7. The maximum absolute atomic E-state index is 14.6. The van der Waals surface area contributed by atoms with Crippen LogP contribution in [0.2, 0.25) is 4.34 Å². The van der Waals surface area contributed by atoms with Gasteiger partial charge in [0.2, 0.25) is 6.10 Å². The molecule has 79 heavy (non-hydrogen) atoms. The third kappa shape index (κ3) is 14.9. The van der Waals surface area contributed by atoms with E-state index in [-0.39, 0.29) is 51.9 Å². The molecule has 3 aliphatic rings. The number of rotatable bonds is 18. The summed E-state index contributed by atoms with van der Waals surface area (Å²) in [7, 11) is 1.55. The Bertz CT molecular complexity index is 3050. The largest absolute Gasteiger partial charge is 0.497 e. The Morgan fingerprint density at radius 3 is 2.15 bits per heavy atom. The number of pyridine rings is 1. The van der Waals surface area contributed by atoms with Gasteiger partial charge in [-0.25, -0.2) is 28.7 Å². The highest BCUT2D eigenvalue weighted by Gasteiger charge is 2.55. The fraction of sp³-hybridized carbons (Fsp3) is 0.375. The van der Waals surface area contributed by atoms with Crippen LogP contribution in [0.1, 0.15) is 83.4 Å². The van der Waals surface area contributed by atoms with Crippen LogP contribution in [0.25, 0.3) is 0 Å². The average molecular weight is 1140 g/mol. The van der Waals surface area contributed by atoms with Crippen molar-refractivity contribution in [3.63, 3.8) is 0 Å². The van der Waals surface area contributed by atoms with E-state index in [1.54, 1.807) is 57.0 Å². The van der Waals surface area contributed by atoms with Crippen molar-refractivity contribution in [2.75, 3.05) is 36.6 Å². The van der Waals surface area contributed by atoms with Gasteiger partial charge in [0.05, 0.1) is 7.11 Å². The number of halogens is 1. The van der Waals surface area contributed by atoms with Gasteiger partial charge in [0.15, 0.2) is 35.9 Å². The average Bonchev–Trinajstić information content (AvgIpc) is 4.18. The number of thiazole rings is 1. The molecule has 4 atom stereocenters. The van der Waals surface area contributed by atoms with Crippen LogP contribution in [0.15, 0.2) is 126 Å². The number of nitrogens with zero attached hydrogens (tertiary/aromatic N) is 5. The molecule has 2 fully saturated rings. The number of ether oxygens (including phenoxy) is 5. The lowest BCUT2D eigenvalue weighted by Gasteiger charge is -2.49. The summed E-state index contributed by atoms with van der Waals surface area (Å²) in [6, 6.07) is 27.8. The minimum absolute atomic E-state index is 0.00789. The lowest BCUT2D eigenvalue weighted by molar-refractivity contribution is -0.688. The molecule has 5 heterocycles. The fourth-order valence-corrected chi connectivity index (χ4v) is 10.8. The molecule has 416 valence electrons. The second kappa shape index (κ2) is 25.0. The molecule has 0 aliphatic carbocycles. The minimum atomic E-state index is -1.39. The van der Waals surface area contributed by atoms with E-state index >= 15 is 0 Å². The Hall–Kier alpha value is -7.69. The summed E-state index contributed by atoms with van der Waals surface area (Å²) in [6.45, 7) is 13.1. The van der Waals surface area contributed by atoms with Crippen molar-refractivity contribution in [1.29, 1.82) is 0 Å². The van der Waals surface area contributed by atoms with Gasteiger partial charge < -0.3 is 44.1 Å². The van der Waals surface area contributed by atoms with E-state index in [0.717, 1.165) is 23.4 Å². The SMILES string of the molecule is COc1ccc(COC(=O)C2=C(C[n+]3ccc(N[C@@H]4CCN(C(=O)OC(C)(C)C)C4)cc3)CS[C@@H]3[C@H](NC(=O)/C(=N\O[C@@H](C)C(=O)OC(c4ccccc4)c4ccccc4)c4nc(NC(=O)OC(C)(C)C)sc4Cl)C(=O)N23)cc1. The van der Waals surface area contributed by atoms with Gasteiger partial charge in [-0.3, -0.25) is 19.8 Å². The molecular weight excluding hydrogens is 1080 g/mol. The van der Waals surface area contributed by atoms with Crippen molar-refractivity contribution in [2.24, 2.45) is 5.16 Å². The fourth-order valence-electron chi connectivity index (χ4n) is 8.48. The van der Waals surface area contributed by atoms with E-state index in [0.29, 0.717) is 41.1 Å². The van der Waals surface area contributed by atoms with Crippen molar-refractivity contribution < 1.29 is 61.9 Å². The van der Waals surface area contributed by atoms with E-state index < -0.39 is 70.4 Å². The number of aromatic nitrogens is 2. The van der Waals surface area contributed by atoms with Crippen molar-refractivity contribution in [3.05, 3.63) is 147 Å². The number of nitrogens with one attached hydrogen (secondary N) is 3. The van der Waals surface area contributed by atoms with E-state index in [1.165, 1.54) is 23.6 Å². The second-order valence-electron chi connectivity index (χ2n) is 20.6. The summed E-state index contributed by atoms with van der Waals surface area (Å²) in [5.41, 5.74) is 1.30. The number of hydrogen-bond acceptors (Lipinski definition) is 17. The Balaban J connectivity index is 1.02. The molecular formula is C56H62ClN8O12S2+. The van der Waals surface area contributed by atoms with Crippen LogP contribution in [0.4, 0.5) is 20.4 Å². The Morgan fingerprint density at radius 1 is 0.886 bits per heavy atom. The van der Waals surface area contributed by atoms with Gasteiger partial charge in [-0.15, -0.1) is 11.8 Å². The number of thioether (sulfide) groups is 1. The van der Waals surface area contributed by atoms with Gasteiger partial charge in [0.1, 0.15) is 50.7 Å². The van der Waals surface area contributed by atoms with Crippen LogP contribution < -0.4 is 25.3 Å². The summed E-state index contributed by atoms with van der Waals surface area (Å²) in [5.74, 6) is -2.28. The van der Waals surface area contributed by atoms with Gasteiger partial charge in [-0.1, -0.05) is 101 Å². The number of carbonyl (C=O) groups is 6. The second-order valence-corrected chi connectivity index (χ2v) is 23.4. The number of esters is 2. The van der Waals surface area contributed by atoms with E-state index in [2.05, 4.69) is 26.1 Å². The standard InChI is InChI=1S/C56H61ClN8O12S2/c1-33(50(68)74-45(35-15-11-9-12-16-35)36-17-13-10-14-18-36)77-62-42(41-46(57)79-52(60-41)61-53(70)75-55(2,3)4)47(66)59-43-48(67)65-44(51(69)73-31-34-19-21-40(72-8)22-20-34)37(32-78-49(43)65)29-63-26-23-38(24-27-63)58-39-25-28-64(30-39)54(71)76-56(5,6)7/h9-24,26-27,33,39,43,45,49H,25,28-32H2,1-8H3,(H2,59,60,61,66,70)/p+1/b62-42-/t33-,39+,43+,49+/m0/s1. The van der Waals surface area contributed by atoms with Gasteiger partial charge in [-0.2, -0.15) is 0 Å². The first-order valence-corrected chi connectivity index (χ1v) is 27.6. The van der Waals surface area contributed by atoms with Crippen molar-refractivity contribution in [3.8, 4) is 5.75 Å². The van der Waals surface area contributed by atoms with Crippen molar-refractivity contribution >= 4 is 87.2 Å². The number of amides is 4. The monoisotopic (exact) mass is 1140 g/mol. The zero-order valence-electron chi connectivity index (χ0n) is 44.9. The Morgan fingerprint density at radius 2 is 1.53 bits per heavy atom. The molecule has 8 rings (SSSR count). The molecule has 0 saturated carbocycles. The molecule has 3 aliphatic heterocycles. The van der Waals surface area contributed by atoms with Gasteiger partial charge in [0, 0.05) is 48.3 Å². The summed E-state index contributed by atoms with van der Waals surface area (Å²) < 4.78 is 29.8. The smallest absolute Gasteiger partial charge is 0.413 e. The lowest BCUT2D eigenvalue weighted by Crippen LogP contribution is -2.71. The van der Waals surface area contributed by atoms with Crippen molar-refractivity contribution in [2.45, 2.75) is 109 Å². The van der Waals surface area contributed by atoms with Gasteiger partial charge >= 0.3 is 24.1 Å². The van der Waals surface area contributed by atoms with E-state index in [9.17, 15) is 28.8 Å². The number of benzene rings is 3. The molecule has 0 radical (unpaired) electrons. The Kier molecular flexibility index (Phi) is 18.2. The van der Waals surface area contributed by atoms with Gasteiger partial charge in [0.25, 0.3) is 11.8 Å². The number of carbonyl (C=O) groups excluding carboxylic acids is 6. The molecule has 23 heteroatoms. The first-order chi connectivity index (χ1) is 37.6. The van der Waals surface area contributed by atoms with Crippen LogP contribution >= 0.6 is 34.7 Å². The molecule has 2 saturated heterocycles. The van der Waals surface area contributed by atoms with E-state index in [1.807, 2.05) is 111 Å². The van der Waals surface area contributed by atoms with Crippen LogP contribution in [-0.2, 0) is 56.1 Å². The van der Waals surface area contributed by atoms with E-state index in [4.69, 9.17) is 40.1 Å². The topological polar surface area (TPSA) is 230 Å². The quantitative estimate of drug-likeness (QED) is 0.0187. The summed E-state index contributed by atoms with van der Waals surface area (Å²) in [5, 5.41) is 12.0. The maximum atomic E-state index is 14.6. The number of hydrogen-bond donors (Lipinski definition) is 3.